The van der Waals surface area contributed by atoms with Crippen LogP contribution in [0.3, 0.4) is 0 Å². The van der Waals surface area contributed by atoms with Gasteiger partial charge in [-0.25, -0.2) is 4.39 Å². The molecule has 0 aromatic heterocycles. The summed E-state index contributed by atoms with van der Waals surface area (Å²) in [6.45, 7) is 1.77. The highest BCUT2D eigenvalue weighted by Crippen LogP contribution is 2.28. The second-order valence-electron chi connectivity index (χ2n) is 8.79. The maximum Gasteiger partial charge on any atom is 0.272 e. The molecule has 1 unspecified atom stereocenters. The van der Waals surface area contributed by atoms with Gasteiger partial charge in [0.15, 0.2) is 0 Å². The SMILES string of the molecule is CC(Sc1ccc(NC(=O)/C(=C/c2ccc(F)cc2)NC(=O)c2ccccc2)cc1)C(=O)Nc1ccc(Cl)c(Cl)c1. The van der Waals surface area contributed by atoms with Crippen LogP contribution in [0.25, 0.3) is 6.08 Å². The minimum absolute atomic E-state index is 0.0171. The molecule has 6 nitrogen and oxygen atoms in total. The molecule has 208 valence electrons. The third-order valence-corrected chi connectivity index (χ3v) is 7.54. The van der Waals surface area contributed by atoms with E-state index in [4.69, 9.17) is 23.2 Å². The molecular formula is C31H24Cl2FN3O3S. The average Bonchev–Trinajstić information content (AvgIpc) is 2.97. The van der Waals surface area contributed by atoms with Gasteiger partial charge in [-0.1, -0.05) is 53.5 Å². The van der Waals surface area contributed by atoms with E-state index in [1.54, 1.807) is 79.7 Å². The molecule has 0 spiro atoms. The van der Waals surface area contributed by atoms with Crippen LogP contribution in [0.4, 0.5) is 15.8 Å². The van der Waals surface area contributed by atoms with Crippen molar-refractivity contribution in [2.24, 2.45) is 0 Å². The summed E-state index contributed by atoms with van der Waals surface area (Å²) in [6.07, 6.45) is 1.47. The van der Waals surface area contributed by atoms with Gasteiger partial charge in [0.25, 0.3) is 11.8 Å². The van der Waals surface area contributed by atoms with E-state index in [0.29, 0.717) is 32.5 Å². The third kappa shape index (κ3) is 8.69. The number of carbonyl (C=O) groups excluding carboxylic acids is 3. The molecule has 0 aliphatic heterocycles. The second kappa shape index (κ2) is 14.0. The first-order valence-electron chi connectivity index (χ1n) is 12.4. The monoisotopic (exact) mass is 607 g/mol. The van der Waals surface area contributed by atoms with Gasteiger partial charge < -0.3 is 16.0 Å². The number of benzene rings is 4. The summed E-state index contributed by atoms with van der Waals surface area (Å²) in [5.74, 6) is -1.65. The lowest BCUT2D eigenvalue weighted by Crippen LogP contribution is -2.30. The van der Waals surface area contributed by atoms with E-state index < -0.39 is 22.9 Å². The maximum absolute atomic E-state index is 13.4. The molecule has 0 bridgehead atoms. The lowest BCUT2D eigenvalue weighted by molar-refractivity contribution is -0.115. The Kier molecular flexibility index (Phi) is 10.2. The Hall–Kier alpha value is -4.11. The molecular weight excluding hydrogens is 584 g/mol. The topological polar surface area (TPSA) is 87.3 Å². The van der Waals surface area contributed by atoms with Gasteiger partial charge in [-0.05, 0) is 85.3 Å². The van der Waals surface area contributed by atoms with E-state index in [9.17, 15) is 18.8 Å². The fourth-order valence-electron chi connectivity index (χ4n) is 3.56. The molecule has 10 heteroatoms. The first kappa shape index (κ1) is 29.9. The summed E-state index contributed by atoms with van der Waals surface area (Å²) in [5, 5.41) is 8.54. The van der Waals surface area contributed by atoms with Crippen LogP contribution in [-0.2, 0) is 9.59 Å². The average molecular weight is 609 g/mol. The van der Waals surface area contributed by atoms with Gasteiger partial charge in [-0.3, -0.25) is 14.4 Å². The van der Waals surface area contributed by atoms with Crippen LogP contribution in [0, 0.1) is 5.82 Å². The fraction of sp³-hybridized carbons (Fsp3) is 0.0645. The van der Waals surface area contributed by atoms with E-state index in [2.05, 4.69) is 16.0 Å². The molecule has 0 radical (unpaired) electrons. The van der Waals surface area contributed by atoms with E-state index in [-0.39, 0.29) is 11.6 Å². The zero-order valence-corrected chi connectivity index (χ0v) is 24.0. The van der Waals surface area contributed by atoms with Crippen molar-refractivity contribution in [1.82, 2.24) is 5.32 Å². The number of halogens is 3. The van der Waals surface area contributed by atoms with Gasteiger partial charge in [0.1, 0.15) is 11.5 Å². The first-order chi connectivity index (χ1) is 19.7. The molecule has 4 rings (SSSR count). The van der Waals surface area contributed by atoms with E-state index in [0.717, 1.165) is 4.90 Å². The first-order valence-corrected chi connectivity index (χ1v) is 14.0. The molecule has 0 fully saturated rings. The fourth-order valence-corrected chi connectivity index (χ4v) is 4.72. The van der Waals surface area contributed by atoms with Crippen molar-refractivity contribution in [3.8, 4) is 0 Å². The number of anilines is 2. The van der Waals surface area contributed by atoms with Crippen LogP contribution in [0.2, 0.25) is 10.0 Å². The zero-order chi connectivity index (χ0) is 29.4. The summed E-state index contributed by atoms with van der Waals surface area (Å²) >= 11 is 13.3. The normalized spacial score (nSPS) is 11.9. The van der Waals surface area contributed by atoms with Gasteiger partial charge in [0.2, 0.25) is 5.91 Å². The Bertz CT molecular complexity index is 1580. The van der Waals surface area contributed by atoms with E-state index >= 15 is 0 Å². The zero-order valence-electron chi connectivity index (χ0n) is 21.7. The molecule has 0 aliphatic rings. The van der Waals surface area contributed by atoms with Crippen molar-refractivity contribution in [2.75, 3.05) is 10.6 Å². The van der Waals surface area contributed by atoms with Crippen LogP contribution in [0.1, 0.15) is 22.8 Å². The quantitative estimate of drug-likeness (QED) is 0.135. The largest absolute Gasteiger partial charge is 0.325 e. The number of hydrogen-bond donors (Lipinski definition) is 3. The minimum atomic E-state index is -0.562. The number of thioether (sulfide) groups is 1. The van der Waals surface area contributed by atoms with E-state index in [1.165, 1.54) is 42.1 Å². The molecule has 0 heterocycles. The molecule has 4 aromatic rings. The summed E-state index contributed by atoms with van der Waals surface area (Å²) in [5.41, 5.74) is 1.91. The van der Waals surface area contributed by atoms with E-state index in [1.807, 2.05) is 0 Å². The molecule has 41 heavy (non-hydrogen) atoms. The Morgan fingerprint density at radius 3 is 2.12 bits per heavy atom. The molecule has 3 N–H and O–H groups in total. The van der Waals surface area contributed by atoms with Crippen LogP contribution >= 0.6 is 35.0 Å². The summed E-state index contributed by atoms with van der Waals surface area (Å²) in [4.78, 5) is 39.4. The number of amides is 3. The Balaban J connectivity index is 1.42. The maximum atomic E-state index is 13.4. The highest BCUT2D eigenvalue weighted by Gasteiger charge is 2.17. The van der Waals surface area contributed by atoms with Crippen LogP contribution in [0.15, 0.2) is 108 Å². The smallest absolute Gasteiger partial charge is 0.272 e. The van der Waals surface area contributed by atoms with Crippen molar-refractivity contribution >= 4 is 70.1 Å². The molecule has 4 aromatic carbocycles. The van der Waals surface area contributed by atoms with Crippen LogP contribution < -0.4 is 16.0 Å². The Morgan fingerprint density at radius 2 is 1.46 bits per heavy atom. The molecule has 0 saturated carbocycles. The van der Waals surface area contributed by atoms with Gasteiger partial charge in [0, 0.05) is 21.8 Å². The van der Waals surface area contributed by atoms with Gasteiger partial charge in [-0.15, -0.1) is 11.8 Å². The van der Waals surface area contributed by atoms with Crippen molar-refractivity contribution in [3.05, 3.63) is 130 Å². The van der Waals surface area contributed by atoms with Gasteiger partial charge in [-0.2, -0.15) is 0 Å². The highest BCUT2D eigenvalue weighted by molar-refractivity contribution is 8.00. The third-order valence-electron chi connectivity index (χ3n) is 5.69. The predicted octanol–water partition coefficient (Wildman–Crippen LogP) is 7.66. The van der Waals surface area contributed by atoms with Crippen LogP contribution in [-0.4, -0.2) is 23.0 Å². The summed E-state index contributed by atoms with van der Waals surface area (Å²) in [6, 6.07) is 25.8. The molecule has 0 aliphatic carbocycles. The Labute approximate surface area is 250 Å². The van der Waals surface area contributed by atoms with Crippen molar-refractivity contribution in [1.29, 1.82) is 0 Å². The van der Waals surface area contributed by atoms with Gasteiger partial charge in [0.05, 0.1) is 15.3 Å². The van der Waals surface area contributed by atoms with Gasteiger partial charge >= 0.3 is 0 Å². The molecule has 0 saturated heterocycles. The van der Waals surface area contributed by atoms with Crippen molar-refractivity contribution in [3.63, 3.8) is 0 Å². The molecule has 1 atom stereocenters. The predicted molar refractivity (Wildman–Crippen MR) is 164 cm³/mol. The minimum Gasteiger partial charge on any atom is -0.325 e. The highest BCUT2D eigenvalue weighted by atomic mass is 35.5. The summed E-state index contributed by atoms with van der Waals surface area (Å²) in [7, 11) is 0. The second-order valence-corrected chi connectivity index (χ2v) is 11.0. The standard InChI is InChI=1S/C31H24Cl2FN3O3S/c1-19(29(38)36-24-13-16-26(32)27(33)18-24)41-25-14-11-23(12-15-25)35-31(40)28(17-20-7-9-22(34)10-8-20)37-30(39)21-5-3-2-4-6-21/h2-19H,1H3,(H,35,40)(H,36,38)(H,37,39)/b28-17-. The lowest BCUT2D eigenvalue weighted by atomic mass is 10.1. The number of nitrogens with one attached hydrogen (secondary N) is 3. The number of hydrogen-bond acceptors (Lipinski definition) is 4. The molecule has 3 amide bonds. The Morgan fingerprint density at radius 1 is 0.805 bits per heavy atom. The number of rotatable bonds is 9. The summed E-state index contributed by atoms with van der Waals surface area (Å²) < 4.78 is 13.4. The van der Waals surface area contributed by atoms with Crippen LogP contribution in [0.5, 0.6) is 0 Å². The van der Waals surface area contributed by atoms with Crippen molar-refractivity contribution in [2.45, 2.75) is 17.1 Å². The number of carbonyl (C=O) groups is 3. The van der Waals surface area contributed by atoms with Crippen molar-refractivity contribution < 1.29 is 18.8 Å². The lowest BCUT2D eigenvalue weighted by Gasteiger charge is -2.14.